The van der Waals surface area contributed by atoms with Crippen molar-refractivity contribution >= 4 is 11.6 Å². The average Bonchev–Trinajstić information content (AvgIpc) is 2.59. The van der Waals surface area contributed by atoms with Gasteiger partial charge in [-0.1, -0.05) is 24.3 Å². The molecule has 0 bridgehead atoms. The molecule has 1 aliphatic heterocycles. The van der Waals surface area contributed by atoms with Crippen molar-refractivity contribution in [3.05, 3.63) is 64.7 Å². The van der Waals surface area contributed by atoms with E-state index >= 15 is 0 Å². The minimum absolute atomic E-state index is 0.162. The van der Waals surface area contributed by atoms with Crippen molar-refractivity contribution in [2.24, 2.45) is 0 Å². The van der Waals surface area contributed by atoms with Crippen LogP contribution in [-0.2, 0) is 0 Å². The molecule has 24 heavy (non-hydrogen) atoms. The predicted octanol–water partition coefficient (Wildman–Crippen LogP) is 4.33. The van der Waals surface area contributed by atoms with Crippen molar-refractivity contribution in [3.8, 4) is 0 Å². The number of aryl methyl sites for hydroxylation is 3. The molecule has 1 atom stereocenters. The van der Waals surface area contributed by atoms with Crippen molar-refractivity contribution in [1.29, 1.82) is 0 Å². The van der Waals surface area contributed by atoms with Crippen molar-refractivity contribution in [1.82, 2.24) is 4.90 Å². The number of piperidine rings is 1. The summed E-state index contributed by atoms with van der Waals surface area (Å²) in [5.41, 5.74) is 5.46. The SMILES string of the molecule is Cc1cc(C)c(C(=O)N2CCC[C@@H](Nc3ccccc3)C2)cc1C. The maximum atomic E-state index is 13.0. The second-order valence-corrected chi connectivity index (χ2v) is 6.85. The molecular weight excluding hydrogens is 296 g/mol. The number of benzene rings is 2. The van der Waals surface area contributed by atoms with Crippen LogP contribution in [0.5, 0.6) is 0 Å². The first-order valence-electron chi connectivity index (χ1n) is 8.73. The van der Waals surface area contributed by atoms with Gasteiger partial charge in [-0.05, 0) is 68.5 Å². The van der Waals surface area contributed by atoms with E-state index in [0.29, 0.717) is 6.04 Å². The molecule has 0 saturated carbocycles. The predicted molar refractivity (Wildman–Crippen MR) is 99.6 cm³/mol. The smallest absolute Gasteiger partial charge is 0.254 e. The van der Waals surface area contributed by atoms with Crippen molar-refractivity contribution in [2.45, 2.75) is 39.7 Å². The largest absolute Gasteiger partial charge is 0.381 e. The van der Waals surface area contributed by atoms with Gasteiger partial charge in [-0.3, -0.25) is 4.79 Å². The minimum atomic E-state index is 0.162. The number of amides is 1. The molecule has 1 N–H and O–H groups in total. The fourth-order valence-electron chi connectivity index (χ4n) is 3.41. The lowest BCUT2D eigenvalue weighted by atomic mass is 9.98. The number of hydrogen-bond donors (Lipinski definition) is 1. The van der Waals surface area contributed by atoms with Gasteiger partial charge in [0.05, 0.1) is 0 Å². The number of nitrogens with one attached hydrogen (secondary N) is 1. The monoisotopic (exact) mass is 322 g/mol. The summed E-state index contributed by atoms with van der Waals surface area (Å²) in [6, 6.07) is 14.7. The summed E-state index contributed by atoms with van der Waals surface area (Å²) in [5, 5.41) is 3.56. The fraction of sp³-hybridized carbons (Fsp3) is 0.381. The lowest BCUT2D eigenvalue weighted by molar-refractivity contribution is 0.0714. The third kappa shape index (κ3) is 3.61. The van der Waals surface area contributed by atoms with Crippen LogP contribution in [0.4, 0.5) is 5.69 Å². The van der Waals surface area contributed by atoms with Crippen LogP contribution in [0, 0.1) is 20.8 Å². The standard InChI is InChI=1S/C21H26N2O/c1-15-12-17(3)20(13-16(15)2)21(24)23-11-7-10-19(14-23)22-18-8-5-4-6-9-18/h4-6,8-9,12-13,19,22H,7,10-11,14H2,1-3H3/t19-/m1/s1. The normalized spacial score (nSPS) is 17.6. The minimum Gasteiger partial charge on any atom is -0.381 e. The summed E-state index contributed by atoms with van der Waals surface area (Å²) >= 11 is 0. The van der Waals surface area contributed by atoms with Gasteiger partial charge in [-0.25, -0.2) is 0 Å². The molecule has 1 aliphatic rings. The first-order chi connectivity index (χ1) is 11.5. The van der Waals surface area contributed by atoms with E-state index in [1.807, 2.05) is 36.1 Å². The number of hydrogen-bond acceptors (Lipinski definition) is 2. The number of rotatable bonds is 3. The molecule has 2 aromatic carbocycles. The van der Waals surface area contributed by atoms with E-state index in [1.165, 1.54) is 11.1 Å². The van der Waals surface area contributed by atoms with E-state index in [9.17, 15) is 4.79 Å². The van der Waals surface area contributed by atoms with Crippen LogP contribution >= 0.6 is 0 Å². The maximum Gasteiger partial charge on any atom is 0.254 e. The highest BCUT2D eigenvalue weighted by Crippen LogP contribution is 2.21. The first kappa shape index (κ1) is 16.6. The summed E-state index contributed by atoms with van der Waals surface area (Å²) < 4.78 is 0. The number of anilines is 1. The lowest BCUT2D eigenvalue weighted by Gasteiger charge is -2.34. The van der Waals surface area contributed by atoms with Crippen LogP contribution < -0.4 is 5.32 Å². The Labute approximate surface area is 144 Å². The molecule has 1 amide bonds. The van der Waals surface area contributed by atoms with E-state index in [4.69, 9.17) is 0 Å². The summed E-state index contributed by atoms with van der Waals surface area (Å²) in [7, 11) is 0. The fourth-order valence-corrected chi connectivity index (χ4v) is 3.41. The summed E-state index contributed by atoms with van der Waals surface area (Å²) in [4.78, 5) is 15.0. The third-order valence-electron chi connectivity index (χ3n) is 4.92. The Morgan fingerprint density at radius 2 is 1.75 bits per heavy atom. The quantitative estimate of drug-likeness (QED) is 0.912. The zero-order valence-electron chi connectivity index (χ0n) is 14.8. The number of carbonyl (C=O) groups is 1. The van der Waals surface area contributed by atoms with Crippen LogP contribution in [0.1, 0.15) is 39.9 Å². The van der Waals surface area contributed by atoms with Crippen molar-refractivity contribution in [3.63, 3.8) is 0 Å². The molecular formula is C21H26N2O. The number of nitrogens with zero attached hydrogens (tertiary/aromatic N) is 1. The maximum absolute atomic E-state index is 13.0. The summed E-state index contributed by atoms with van der Waals surface area (Å²) in [5.74, 6) is 0.162. The highest BCUT2D eigenvalue weighted by Gasteiger charge is 2.25. The molecule has 0 radical (unpaired) electrons. The van der Waals surface area contributed by atoms with Crippen LogP contribution in [0.2, 0.25) is 0 Å². The van der Waals surface area contributed by atoms with Crippen LogP contribution in [0.3, 0.4) is 0 Å². The van der Waals surface area contributed by atoms with Gasteiger partial charge in [0, 0.05) is 30.4 Å². The highest BCUT2D eigenvalue weighted by molar-refractivity contribution is 5.96. The Morgan fingerprint density at radius 3 is 2.50 bits per heavy atom. The second-order valence-electron chi connectivity index (χ2n) is 6.85. The molecule has 0 spiro atoms. The van der Waals surface area contributed by atoms with E-state index < -0.39 is 0 Å². The van der Waals surface area contributed by atoms with E-state index in [1.54, 1.807) is 0 Å². The van der Waals surface area contributed by atoms with Gasteiger partial charge in [0.1, 0.15) is 0 Å². The Bertz CT molecular complexity index is 724. The topological polar surface area (TPSA) is 32.3 Å². The van der Waals surface area contributed by atoms with Crippen LogP contribution in [-0.4, -0.2) is 29.9 Å². The Kier molecular flexibility index (Phi) is 4.89. The molecule has 1 fully saturated rings. The zero-order chi connectivity index (χ0) is 17.1. The molecule has 0 aromatic heterocycles. The van der Waals surface area contributed by atoms with Crippen molar-refractivity contribution < 1.29 is 4.79 Å². The third-order valence-corrected chi connectivity index (χ3v) is 4.92. The molecule has 1 saturated heterocycles. The van der Waals surface area contributed by atoms with E-state index in [-0.39, 0.29) is 5.91 Å². The van der Waals surface area contributed by atoms with Gasteiger partial charge >= 0.3 is 0 Å². The Hall–Kier alpha value is -2.29. The Balaban J connectivity index is 1.72. The lowest BCUT2D eigenvalue weighted by Crippen LogP contribution is -2.45. The van der Waals surface area contributed by atoms with Gasteiger partial charge in [0.25, 0.3) is 5.91 Å². The second kappa shape index (κ2) is 7.08. The number of carbonyl (C=O) groups excluding carboxylic acids is 1. The van der Waals surface area contributed by atoms with Gasteiger partial charge in [-0.15, -0.1) is 0 Å². The molecule has 3 heteroatoms. The molecule has 1 heterocycles. The average molecular weight is 322 g/mol. The summed E-state index contributed by atoms with van der Waals surface area (Å²) in [6.07, 6.45) is 2.14. The first-order valence-corrected chi connectivity index (χ1v) is 8.73. The zero-order valence-corrected chi connectivity index (χ0v) is 14.8. The van der Waals surface area contributed by atoms with Gasteiger partial charge in [0.2, 0.25) is 0 Å². The molecule has 126 valence electrons. The molecule has 3 nitrogen and oxygen atoms in total. The number of likely N-dealkylation sites (tertiary alicyclic amines) is 1. The van der Waals surface area contributed by atoms with Gasteiger partial charge in [0.15, 0.2) is 0 Å². The molecule has 2 aromatic rings. The molecule has 3 rings (SSSR count). The van der Waals surface area contributed by atoms with Gasteiger partial charge in [-0.2, -0.15) is 0 Å². The summed E-state index contributed by atoms with van der Waals surface area (Å²) in [6.45, 7) is 7.81. The van der Waals surface area contributed by atoms with Crippen LogP contribution in [0.15, 0.2) is 42.5 Å². The van der Waals surface area contributed by atoms with Gasteiger partial charge < -0.3 is 10.2 Å². The highest BCUT2D eigenvalue weighted by atomic mass is 16.2. The van der Waals surface area contributed by atoms with E-state index in [2.05, 4.69) is 37.4 Å². The van der Waals surface area contributed by atoms with E-state index in [0.717, 1.165) is 42.7 Å². The Morgan fingerprint density at radius 1 is 1.04 bits per heavy atom. The number of para-hydroxylation sites is 1. The molecule has 0 unspecified atom stereocenters. The van der Waals surface area contributed by atoms with Crippen LogP contribution in [0.25, 0.3) is 0 Å². The van der Waals surface area contributed by atoms with Crippen molar-refractivity contribution in [2.75, 3.05) is 18.4 Å². The molecule has 0 aliphatic carbocycles.